The van der Waals surface area contributed by atoms with Gasteiger partial charge in [0.15, 0.2) is 0 Å². The molecule has 3 amide bonds. The lowest BCUT2D eigenvalue weighted by Crippen LogP contribution is -2.42. The van der Waals surface area contributed by atoms with Crippen molar-refractivity contribution in [3.05, 3.63) is 29.3 Å². The van der Waals surface area contributed by atoms with Crippen LogP contribution in [-0.4, -0.2) is 25.0 Å². The molecule has 0 radical (unpaired) electrons. The second-order valence-electron chi connectivity index (χ2n) is 3.99. The molecule has 0 heterocycles. The quantitative estimate of drug-likeness (QED) is 0.702. The molecular formula is C13H18ClN3O2. The van der Waals surface area contributed by atoms with Gasteiger partial charge in [-0.25, -0.2) is 4.79 Å². The van der Waals surface area contributed by atoms with Crippen molar-refractivity contribution in [1.29, 1.82) is 0 Å². The second-order valence-corrected chi connectivity index (χ2v) is 4.40. The third kappa shape index (κ3) is 6.10. The van der Waals surface area contributed by atoms with Gasteiger partial charge in [0, 0.05) is 6.54 Å². The van der Waals surface area contributed by atoms with Crippen molar-refractivity contribution in [2.45, 2.75) is 19.8 Å². The number of anilines is 1. The van der Waals surface area contributed by atoms with Crippen molar-refractivity contribution in [1.82, 2.24) is 10.6 Å². The fraction of sp³-hybridized carbons (Fsp3) is 0.385. The highest BCUT2D eigenvalue weighted by atomic mass is 35.5. The normalized spacial score (nSPS) is 9.79. The summed E-state index contributed by atoms with van der Waals surface area (Å²) in [6, 6.07) is 6.62. The van der Waals surface area contributed by atoms with Gasteiger partial charge in [-0.15, -0.1) is 0 Å². The van der Waals surface area contributed by atoms with Gasteiger partial charge in [-0.2, -0.15) is 0 Å². The zero-order chi connectivity index (χ0) is 14.1. The molecule has 0 spiro atoms. The van der Waals surface area contributed by atoms with E-state index < -0.39 is 11.9 Å². The molecule has 0 fully saturated rings. The molecule has 0 aliphatic rings. The number of hydrogen-bond donors (Lipinski definition) is 3. The molecule has 0 saturated carbocycles. The average Bonchev–Trinajstić information content (AvgIpc) is 2.38. The molecule has 0 aliphatic carbocycles. The van der Waals surface area contributed by atoms with Crippen LogP contribution in [0.15, 0.2) is 24.3 Å². The van der Waals surface area contributed by atoms with E-state index in [2.05, 4.69) is 16.0 Å². The Morgan fingerprint density at radius 3 is 2.68 bits per heavy atom. The summed E-state index contributed by atoms with van der Waals surface area (Å²) in [5, 5.41) is 8.22. The molecule has 0 unspecified atom stereocenters. The molecule has 6 heteroatoms. The summed E-state index contributed by atoms with van der Waals surface area (Å²) in [7, 11) is 0. The largest absolute Gasteiger partial charge is 0.375 e. The van der Waals surface area contributed by atoms with Crippen molar-refractivity contribution in [2.24, 2.45) is 0 Å². The third-order valence-electron chi connectivity index (χ3n) is 2.38. The van der Waals surface area contributed by atoms with E-state index in [-0.39, 0.29) is 6.54 Å². The average molecular weight is 284 g/mol. The molecule has 1 aromatic rings. The lowest BCUT2D eigenvalue weighted by Gasteiger charge is -2.09. The number of urea groups is 1. The fourth-order valence-corrected chi connectivity index (χ4v) is 1.58. The maximum Gasteiger partial charge on any atom is 0.321 e. The highest BCUT2D eigenvalue weighted by Gasteiger charge is 2.07. The number of carbonyl (C=O) groups excluding carboxylic acids is 2. The van der Waals surface area contributed by atoms with E-state index in [9.17, 15) is 9.59 Å². The van der Waals surface area contributed by atoms with Crippen molar-refractivity contribution in [3.63, 3.8) is 0 Å². The van der Waals surface area contributed by atoms with Crippen molar-refractivity contribution < 1.29 is 9.59 Å². The van der Waals surface area contributed by atoms with E-state index in [0.29, 0.717) is 17.3 Å². The maximum atomic E-state index is 11.5. The summed E-state index contributed by atoms with van der Waals surface area (Å²) in [4.78, 5) is 22.8. The standard InChI is InChI=1S/C13H18ClN3O2/c1-2-3-8-15-13(19)17-12(18)9-16-11-7-5-4-6-10(11)14/h4-7,16H,2-3,8-9H2,1H3,(H2,15,17,18,19). The van der Waals surface area contributed by atoms with Crippen LogP contribution in [0.1, 0.15) is 19.8 Å². The molecule has 0 aliphatic heterocycles. The van der Waals surface area contributed by atoms with Gasteiger partial charge in [-0.05, 0) is 18.6 Å². The predicted molar refractivity (Wildman–Crippen MR) is 76.4 cm³/mol. The maximum absolute atomic E-state index is 11.5. The summed E-state index contributed by atoms with van der Waals surface area (Å²) in [6.07, 6.45) is 1.88. The van der Waals surface area contributed by atoms with Crippen LogP contribution in [0.3, 0.4) is 0 Å². The molecule has 0 aromatic heterocycles. The van der Waals surface area contributed by atoms with Crippen LogP contribution in [0, 0.1) is 0 Å². The smallest absolute Gasteiger partial charge is 0.321 e. The number of carbonyl (C=O) groups is 2. The van der Waals surface area contributed by atoms with Crippen LogP contribution in [0.2, 0.25) is 5.02 Å². The first-order chi connectivity index (χ1) is 9.13. The van der Waals surface area contributed by atoms with E-state index in [0.717, 1.165) is 12.8 Å². The highest BCUT2D eigenvalue weighted by Crippen LogP contribution is 2.19. The Balaban J connectivity index is 2.28. The van der Waals surface area contributed by atoms with Gasteiger partial charge in [0.05, 0.1) is 17.3 Å². The minimum atomic E-state index is -0.473. The van der Waals surface area contributed by atoms with Gasteiger partial charge in [0.25, 0.3) is 0 Å². The van der Waals surface area contributed by atoms with Gasteiger partial charge < -0.3 is 10.6 Å². The molecule has 104 valence electrons. The Hall–Kier alpha value is -1.75. The van der Waals surface area contributed by atoms with Gasteiger partial charge in [0.1, 0.15) is 0 Å². The molecule has 1 rings (SSSR count). The van der Waals surface area contributed by atoms with Crippen LogP contribution >= 0.6 is 11.6 Å². The molecule has 19 heavy (non-hydrogen) atoms. The van der Waals surface area contributed by atoms with Crippen molar-refractivity contribution >= 4 is 29.2 Å². The van der Waals surface area contributed by atoms with E-state index in [4.69, 9.17) is 11.6 Å². The zero-order valence-electron chi connectivity index (χ0n) is 10.8. The first-order valence-electron chi connectivity index (χ1n) is 6.19. The summed E-state index contributed by atoms with van der Waals surface area (Å²) >= 11 is 5.92. The monoisotopic (exact) mass is 283 g/mol. The number of benzene rings is 1. The molecule has 0 saturated heterocycles. The van der Waals surface area contributed by atoms with Gasteiger partial charge in [-0.1, -0.05) is 37.1 Å². The molecule has 3 N–H and O–H groups in total. The van der Waals surface area contributed by atoms with E-state index in [1.807, 2.05) is 13.0 Å². The molecule has 0 atom stereocenters. The number of rotatable bonds is 6. The second kappa shape index (κ2) is 8.37. The van der Waals surface area contributed by atoms with E-state index >= 15 is 0 Å². The summed E-state index contributed by atoms with van der Waals surface area (Å²) in [6.45, 7) is 2.58. The summed E-state index contributed by atoms with van der Waals surface area (Å²) < 4.78 is 0. The Bertz CT molecular complexity index is 438. The lowest BCUT2D eigenvalue weighted by atomic mass is 10.3. The van der Waals surface area contributed by atoms with Crippen LogP contribution in [0.5, 0.6) is 0 Å². The number of imide groups is 1. The Kier molecular flexibility index (Phi) is 6.74. The Labute approximate surface area is 117 Å². The summed E-state index contributed by atoms with van der Waals surface area (Å²) in [5.41, 5.74) is 0.658. The number of halogens is 1. The molecule has 0 bridgehead atoms. The van der Waals surface area contributed by atoms with Gasteiger partial charge in [-0.3, -0.25) is 10.1 Å². The number of hydrogen-bond acceptors (Lipinski definition) is 3. The molecule has 5 nitrogen and oxygen atoms in total. The van der Waals surface area contributed by atoms with Crippen LogP contribution in [0.25, 0.3) is 0 Å². The van der Waals surface area contributed by atoms with Gasteiger partial charge in [0.2, 0.25) is 5.91 Å². The van der Waals surface area contributed by atoms with Gasteiger partial charge >= 0.3 is 6.03 Å². The molecular weight excluding hydrogens is 266 g/mol. The number of nitrogens with one attached hydrogen (secondary N) is 3. The minimum absolute atomic E-state index is 0.00900. The number of unbranched alkanes of at least 4 members (excludes halogenated alkanes) is 1. The highest BCUT2D eigenvalue weighted by molar-refractivity contribution is 6.33. The van der Waals surface area contributed by atoms with Crippen LogP contribution < -0.4 is 16.0 Å². The number of amides is 3. The first kappa shape index (κ1) is 15.3. The SMILES string of the molecule is CCCCNC(=O)NC(=O)CNc1ccccc1Cl. The van der Waals surface area contributed by atoms with Crippen LogP contribution in [0.4, 0.5) is 10.5 Å². The summed E-state index contributed by atoms with van der Waals surface area (Å²) in [5.74, 6) is -0.408. The van der Waals surface area contributed by atoms with Crippen LogP contribution in [-0.2, 0) is 4.79 Å². The van der Waals surface area contributed by atoms with Crippen molar-refractivity contribution in [3.8, 4) is 0 Å². The lowest BCUT2D eigenvalue weighted by molar-refractivity contribution is -0.118. The Morgan fingerprint density at radius 1 is 1.26 bits per heavy atom. The molecule has 1 aromatic carbocycles. The van der Waals surface area contributed by atoms with Crippen molar-refractivity contribution in [2.75, 3.05) is 18.4 Å². The zero-order valence-corrected chi connectivity index (χ0v) is 11.6. The fourth-order valence-electron chi connectivity index (χ4n) is 1.37. The predicted octanol–water partition coefficient (Wildman–Crippen LogP) is 2.38. The number of para-hydroxylation sites is 1. The Morgan fingerprint density at radius 2 is 2.00 bits per heavy atom. The van der Waals surface area contributed by atoms with E-state index in [1.54, 1.807) is 18.2 Å². The topological polar surface area (TPSA) is 70.2 Å². The van der Waals surface area contributed by atoms with E-state index in [1.165, 1.54) is 0 Å². The first-order valence-corrected chi connectivity index (χ1v) is 6.57. The third-order valence-corrected chi connectivity index (χ3v) is 2.71. The minimum Gasteiger partial charge on any atom is -0.375 e.